The summed E-state index contributed by atoms with van der Waals surface area (Å²) < 4.78 is 24.5. The fourth-order valence-electron chi connectivity index (χ4n) is 7.45. The van der Waals surface area contributed by atoms with E-state index in [0.29, 0.717) is 42.8 Å². The number of benzene rings is 4. The minimum Gasteiger partial charge on any atom is -0.492 e. The van der Waals surface area contributed by atoms with E-state index in [9.17, 15) is 14.9 Å². The largest absolute Gasteiger partial charge is 0.492 e. The zero-order valence-electron chi connectivity index (χ0n) is 34.3. The number of carbonyl (C=O) groups excluding carboxylic acids is 2. The Hall–Kier alpha value is -5.30. The van der Waals surface area contributed by atoms with Crippen LogP contribution in [0, 0.1) is 17.2 Å². The van der Waals surface area contributed by atoms with Gasteiger partial charge in [0.25, 0.3) is 0 Å². The van der Waals surface area contributed by atoms with E-state index in [1.807, 2.05) is 60.7 Å². The van der Waals surface area contributed by atoms with E-state index in [1.54, 1.807) is 11.3 Å². The second-order valence-electron chi connectivity index (χ2n) is 15.3. The second-order valence-corrected chi connectivity index (χ2v) is 16.3. The van der Waals surface area contributed by atoms with Crippen molar-refractivity contribution in [2.45, 2.75) is 96.5 Å². The third kappa shape index (κ3) is 12.8. The maximum Gasteiger partial charge on any atom is 0.338 e. The number of fused-ring (bicyclic) bond motifs is 1. The van der Waals surface area contributed by atoms with E-state index in [4.69, 9.17) is 23.9 Å². The highest BCUT2D eigenvalue weighted by atomic mass is 32.1. The predicted octanol–water partition coefficient (Wildman–Crippen LogP) is 11.9. The number of aromatic nitrogens is 1. The van der Waals surface area contributed by atoms with Gasteiger partial charge in [-0.15, -0.1) is 11.3 Å². The van der Waals surface area contributed by atoms with Crippen LogP contribution in [0.4, 0.5) is 0 Å². The van der Waals surface area contributed by atoms with Gasteiger partial charge in [-0.25, -0.2) is 14.6 Å². The zero-order chi connectivity index (χ0) is 41.2. The molecular weight excluding hydrogens is 757 g/mol. The number of carbonyl (C=O) groups is 2. The first-order valence-corrected chi connectivity index (χ1v) is 22.1. The monoisotopic (exact) mass is 812 g/mol. The first kappa shape index (κ1) is 43.3. The zero-order valence-corrected chi connectivity index (χ0v) is 35.1. The van der Waals surface area contributed by atoms with Crippen molar-refractivity contribution in [3.63, 3.8) is 0 Å². The van der Waals surface area contributed by atoms with Gasteiger partial charge in [0.2, 0.25) is 0 Å². The van der Waals surface area contributed by atoms with E-state index in [2.05, 4.69) is 43.8 Å². The Balaban J connectivity index is 1.01. The number of thiazole rings is 1. The number of hydrogen-bond acceptors (Lipinski definition) is 9. The third-order valence-electron chi connectivity index (χ3n) is 11.0. The van der Waals surface area contributed by atoms with Crippen molar-refractivity contribution in [1.29, 1.82) is 5.26 Å². The summed E-state index contributed by atoms with van der Waals surface area (Å²) in [6, 6.07) is 30.0. The lowest BCUT2D eigenvalue weighted by molar-refractivity contribution is -0.137. The van der Waals surface area contributed by atoms with Crippen molar-refractivity contribution in [1.82, 2.24) is 4.98 Å². The average Bonchev–Trinajstić information content (AvgIpc) is 3.74. The van der Waals surface area contributed by atoms with Gasteiger partial charge in [-0.2, -0.15) is 5.26 Å². The number of nitriles is 1. The minimum absolute atomic E-state index is 0.220. The molecule has 0 atom stereocenters. The van der Waals surface area contributed by atoms with Gasteiger partial charge >= 0.3 is 11.9 Å². The fraction of sp³-hybridized carbons (Fsp3) is 0.400. The Morgan fingerprint density at radius 3 is 2.17 bits per heavy atom. The lowest BCUT2D eigenvalue weighted by Gasteiger charge is -2.28. The molecule has 4 aromatic carbocycles. The molecule has 6 rings (SSSR count). The van der Waals surface area contributed by atoms with E-state index in [-0.39, 0.29) is 18.5 Å². The summed E-state index contributed by atoms with van der Waals surface area (Å²) in [5.41, 5.74) is 7.44. The minimum atomic E-state index is -0.363. The molecule has 5 aromatic rings. The van der Waals surface area contributed by atoms with Gasteiger partial charge in [-0.1, -0.05) is 87.4 Å². The number of esters is 2. The highest BCUT2D eigenvalue weighted by Crippen LogP contribution is 2.39. The number of unbranched alkanes of at least 4 members (excludes halogenated alkanes) is 5. The summed E-state index contributed by atoms with van der Waals surface area (Å²) in [5, 5.41) is 10.2. The molecule has 1 fully saturated rings. The van der Waals surface area contributed by atoms with Crippen LogP contribution < -0.4 is 4.74 Å². The van der Waals surface area contributed by atoms with E-state index in [0.717, 1.165) is 108 Å². The van der Waals surface area contributed by atoms with Crippen molar-refractivity contribution in [3.05, 3.63) is 120 Å². The molecule has 1 aliphatic carbocycles. The highest BCUT2D eigenvalue weighted by Gasteiger charge is 2.23. The lowest BCUT2D eigenvalue weighted by Crippen LogP contribution is -2.25. The van der Waals surface area contributed by atoms with Gasteiger partial charge in [0.15, 0.2) is 0 Å². The molecule has 9 heteroatoms. The number of aryl methyl sites for hydroxylation is 1. The number of hydrogen-bond donors (Lipinski definition) is 0. The smallest absolute Gasteiger partial charge is 0.338 e. The summed E-state index contributed by atoms with van der Waals surface area (Å²) in [7, 11) is 0. The molecule has 1 aromatic heterocycles. The van der Waals surface area contributed by atoms with Crippen LogP contribution in [0.25, 0.3) is 31.9 Å². The van der Waals surface area contributed by atoms with Crippen LogP contribution in [0.2, 0.25) is 0 Å². The van der Waals surface area contributed by atoms with Crippen LogP contribution in [0.1, 0.15) is 105 Å². The van der Waals surface area contributed by atoms with Gasteiger partial charge in [0.1, 0.15) is 10.8 Å². The van der Waals surface area contributed by atoms with Crippen LogP contribution in [0.5, 0.6) is 5.75 Å². The van der Waals surface area contributed by atoms with Crippen LogP contribution in [-0.2, 0) is 31.8 Å². The molecule has 59 heavy (non-hydrogen) atoms. The quantitative estimate of drug-likeness (QED) is 0.0386. The molecule has 0 bridgehead atoms. The van der Waals surface area contributed by atoms with Crippen molar-refractivity contribution >= 4 is 33.5 Å². The molecule has 0 spiro atoms. The van der Waals surface area contributed by atoms with Crippen LogP contribution >= 0.6 is 11.3 Å². The van der Waals surface area contributed by atoms with Crippen molar-refractivity contribution in [3.8, 4) is 33.5 Å². The molecule has 0 N–H and O–H groups in total. The average molecular weight is 813 g/mol. The van der Waals surface area contributed by atoms with Crippen molar-refractivity contribution < 1.29 is 28.5 Å². The van der Waals surface area contributed by atoms with Crippen molar-refractivity contribution in [2.24, 2.45) is 5.92 Å². The lowest BCUT2D eigenvalue weighted by atomic mass is 9.88. The summed E-state index contributed by atoms with van der Waals surface area (Å²) in [4.78, 5) is 29.3. The predicted molar refractivity (Wildman–Crippen MR) is 236 cm³/mol. The van der Waals surface area contributed by atoms with Gasteiger partial charge in [-0.3, -0.25) is 0 Å². The van der Waals surface area contributed by atoms with Crippen LogP contribution in [0.3, 0.4) is 0 Å². The molecular formula is C50H56N2O6S. The molecule has 8 nitrogen and oxygen atoms in total. The molecule has 0 amide bonds. The Bertz CT molecular complexity index is 2150. The second kappa shape index (κ2) is 22.7. The molecule has 1 saturated carbocycles. The number of nitrogens with zero attached hydrogens (tertiary/aromatic N) is 2. The van der Waals surface area contributed by atoms with Crippen LogP contribution in [-0.4, -0.2) is 49.5 Å². The molecule has 308 valence electrons. The molecule has 1 heterocycles. The first-order valence-electron chi connectivity index (χ1n) is 21.3. The molecule has 0 saturated heterocycles. The van der Waals surface area contributed by atoms with E-state index in [1.165, 1.54) is 30.9 Å². The SMILES string of the molecule is C=CC(=O)OCCCCCCOC1CCC(COc2ccc(CCOC(=O)c3ccc(-c4ccc(CCCCC)cc4)cc3)c3nc(-c4ccc(C#N)cc4)sc23)CC1. The molecule has 0 unspecified atom stereocenters. The highest BCUT2D eigenvalue weighted by molar-refractivity contribution is 7.22. The maximum atomic E-state index is 13.1. The molecule has 0 aliphatic heterocycles. The normalized spacial score (nSPS) is 15.1. The molecule has 0 radical (unpaired) electrons. The van der Waals surface area contributed by atoms with Crippen LogP contribution in [0.15, 0.2) is 97.6 Å². The van der Waals surface area contributed by atoms with Gasteiger partial charge in [-0.05, 0) is 116 Å². The third-order valence-corrected chi connectivity index (χ3v) is 12.1. The number of ether oxygens (including phenoxy) is 4. The Labute approximate surface area is 353 Å². The van der Waals surface area contributed by atoms with Gasteiger partial charge in [0, 0.05) is 24.7 Å². The van der Waals surface area contributed by atoms with Gasteiger partial charge in [0.05, 0.1) is 53.3 Å². The molecule has 1 aliphatic rings. The standard InChI is InChI=1S/C50H56N2O6S/c1-3-5-8-11-36-12-18-39(19-13-36)40-22-24-43(25-23-40)50(54)57-33-30-41-26-29-45(48-47(41)52-49(59-48)42-20-14-37(34-51)15-21-42)58-35-38-16-27-44(28-17-38)55-31-9-6-7-10-32-56-46(53)4-2/h4,12-15,18-26,29,38,44H,2-3,5-11,16-17,27-28,30-33,35H2,1H3. The van der Waals surface area contributed by atoms with E-state index < -0.39 is 0 Å². The number of rotatable bonds is 22. The Kier molecular flexibility index (Phi) is 16.7. The topological polar surface area (TPSA) is 108 Å². The summed E-state index contributed by atoms with van der Waals surface area (Å²) >= 11 is 1.58. The Morgan fingerprint density at radius 1 is 0.780 bits per heavy atom. The maximum absolute atomic E-state index is 13.1. The fourth-order valence-corrected chi connectivity index (χ4v) is 8.54. The van der Waals surface area contributed by atoms with E-state index >= 15 is 0 Å². The Morgan fingerprint density at radius 2 is 1.47 bits per heavy atom. The first-order chi connectivity index (χ1) is 28.9. The summed E-state index contributed by atoms with van der Waals surface area (Å²) in [6.45, 7) is 7.69. The van der Waals surface area contributed by atoms with Gasteiger partial charge < -0.3 is 18.9 Å². The van der Waals surface area contributed by atoms with Crippen molar-refractivity contribution in [2.75, 3.05) is 26.4 Å². The summed E-state index contributed by atoms with van der Waals surface area (Å²) in [5.74, 6) is 0.541. The summed E-state index contributed by atoms with van der Waals surface area (Å²) in [6.07, 6.45) is 14.9.